The summed E-state index contributed by atoms with van der Waals surface area (Å²) in [7, 11) is 0. The van der Waals surface area contributed by atoms with E-state index in [1.54, 1.807) is 0 Å². The number of ether oxygens (including phenoxy) is 3. The minimum atomic E-state index is -0.273. The van der Waals surface area contributed by atoms with Crippen molar-refractivity contribution >= 4 is 5.91 Å². The Kier molecular flexibility index (Phi) is 6.70. The van der Waals surface area contributed by atoms with Crippen LogP contribution in [-0.2, 0) is 9.47 Å². The van der Waals surface area contributed by atoms with Gasteiger partial charge in [-0.3, -0.25) is 4.79 Å². The third kappa shape index (κ3) is 4.73. The standard InChI is InChI=1S/C20H29NO4/c1-2-3-6-13-23-17-10-8-16(9-11-17)19(22)21-12-5-4-7-18(21)20-24-14-15-25-20/h8-11,18,20H,2-7,12-15H2,1H3. The van der Waals surface area contributed by atoms with Crippen LogP contribution in [0.25, 0.3) is 0 Å². The second-order valence-corrected chi connectivity index (χ2v) is 6.75. The van der Waals surface area contributed by atoms with Gasteiger partial charge in [-0.2, -0.15) is 0 Å². The van der Waals surface area contributed by atoms with Crippen LogP contribution in [0.2, 0.25) is 0 Å². The molecule has 1 aromatic rings. The summed E-state index contributed by atoms with van der Waals surface area (Å²) in [6.07, 6.45) is 6.24. The van der Waals surface area contributed by atoms with E-state index in [2.05, 4.69) is 6.92 Å². The van der Waals surface area contributed by atoms with Gasteiger partial charge >= 0.3 is 0 Å². The van der Waals surface area contributed by atoms with E-state index in [1.807, 2.05) is 29.2 Å². The third-order valence-corrected chi connectivity index (χ3v) is 4.89. The molecule has 0 N–H and O–H groups in total. The van der Waals surface area contributed by atoms with Crippen molar-refractivity contribution in [2.75, 3.05) is 26.4 Å². The maximum atomic E-state index is 13.0. The first-order chi connectivity index (χ1) is 12.3. The number of amides is 1. The Hall–Kier alpha value is -1.59. The van der Waals surface area contributed by atoms with Gasteiger partial charge in [-0.25, -0.2) is 0 Å². The number of benzene rings is 1. The molecule has 0 radical (unpaired) electrons. The zero-order valence-electron chi connectivity index (χ0n) is 15.1. The lowest BCUT2D eigenvalue weighted by Gasteiger charge is -2.38. The van der Waals surface area contributed by atoms with E-state index in [4.69, 9.17) is 14.2 Å². The molecule has 0 bridgehead atoms. The fraction of sp³-hybridized carbons (Fsp3) is 0.650. The Balaban J connectivity index is 1.60. The number of nitrogens with zero attached hydrogens (tertiary/aromatic N) is 1. The summed E-state index contributed by atoms with van der Waals surface area (Å²) in [4.78, 5) is 14.9. The summed E-state index contributed by atoms with van der Waals surface area (Å²) in [6.45, 7) is 4.91. The fourth-order valence-electron chi connectivity index (χ4n) is 3.49. The van der Waals surface area contributed by atoms with E-state index in [-0.39, 0.29) is 18.2 Å². The summed E-state index contributed by atoms with van der Waals surface area (Å²) < 4.78 is 17.0. The van der Waals surface area contributed by atoms with Crippen LogP contribution < -0.4 is 4.74 Å². The van der Waals surface area contributed by atoms with Crippen molar-refractivity contribution in [2.24, 2.45) is 0 Å². The molecule has 1 atom stereocenters. The first-order valence-corrected chi connectivity index (χ1v) is 9.56. The molecule has 2 aliphatic rings. The lowest BCUT2D eigenvalue weighted by Crippen LogP contribution is -2.50. The van der Waals surface area contributed by atoms with Gasteiger partial charge in [0, 0.05) is 12.1 Å². The predicted octanol–water partition coefficient (Wildman–Crippen LogP) is 3.62. The van der Waals surface area contributed by atoms with Gasteiger partial charge in [-0.15, -0.1) is 0 Å². The Labute approximate surface area is 150 Å². The number of carbonyl (C=O) groups excluding carboxylic acids is 1. The molecule has 138 valence electrons. The van der Waals surface area contributed by atoms with Gasteiger partial charge in [0.05, 0.1) is 25.9 Å². The molecule has 0 aromatic heterocycles. The molecule has 2 fully saturated rings. The number of rotatable bonds is 7. The molecular formula is C20H29NO4. The van der Waals surface area contributed by atoms with E-state index < -0.39 is 0 Å². The first kappa shape index (κ1) is 18.2. The average Bonchev–Trinajstić information content (AvgIpc) is 3.20. The average molecular weight is 347 g/mol. The monoisotopic (exact) mass is 347 g/mol. The number of hydrogen-bond donors (Lipinski definition) is 0. The molecule has 2 aliphatic heterocycles. The van der Waals surface area contributed by atoms with Crippen molar-refractivity contribution < 1.29 is 19.0 Å². The van der Waals surface area contributed by atoms with E-state index in [1.165, 1.54) is 12.8 Å². The second-order valence-electron chi connectivity index (χ2n) is 6.75. The highest BCUT2D eigenvalue weighted by atomic mass is 16.7. The second kappa shape index (κ2) is 9.20. The topological polar surface area (TPSA) is 48.0 Å². The number of likely N-dealkylation sites (tertiary alicyclic amines) is 1. The lowest BCUT2D eigenvalue weighted by atomic mass is 10.00. The molecule has 0 aliphatic carbocycles. The van der Waals surface area contributed by atoms with Crippen LogP contribution in [0.1, 0.15) is 55.8 Å². The summed E-state index contributed by atoms with van der Waals surface area (Å²) in [5, 5.41) is 0. The molecule has 5 heteroatoms. The summed E-state index contributed by atoms with van der Waals surface area (Å²) >= 11 is 0. The molecule has 3 rings (SSSR count). The Morgan fingerprint density at radius 1 is 1.16 bits per heavy atom. The normalized spacial score (nSPS) is 21.5. The summed E-state index contributed by atoms with van der Waals surface area (Å²) in [6, 6.07) is 7.52. The quantitative estimate of drug-likeness (QED) is 0.707. The van der Waals surface area contributed by atoms with Crippen LogP contribution in [0.3, 0.4) is 0 Å². The van der Waals surface area contributed by atoms with Crippen molar-refractivity contribution in [1.82, 2.24) is 4.90 Å². The van der Waals surface area contributed by atoms with Crippen LogP contribution in [-0.4, -0.2) is 49.5 Å². The van der Waals surface area contributed by atoms with Crippen molar-refractivity contribution in [3.8, 4) is 5.75 Å². The van der Waals surface area contributed by atoms with Crippen molar-refractivity contribution in [3.63, 3.8) is 0 Å². The number of piperidine rings is 1. The third-order valence-electron chi connectivity index (χ3n) is 4.89. The fourth-order valence-corrected chi connectivity index (χ4v) is 3.49. The van der Waals surface area contributed by atoms with Gasteiger partial charge in [-0.05, 0) is 49.9 Å². The van der Waals surface area contributed by atoms with E-state index >= 15 is 0 Å². The van der Waals surface area contributed by atoms with Gasteiger partial charge in [0.25, 0.3) is 5.91 Å². The van der Waals surface area contributed by atoms with Crippen molar-refractivity contribution in [2.45, 2.75) is 57.8 Å². The van der Waals surface area contributed by atoms with Gasteiger partial charge in [-0.1, -0.05) is 19.8 Å². The minimum Gasteiger partial charge on any atom is -0.494 e. The maximum absolute atomic E-state index is 13.0. The van der Waals surface area contributed by atoms with Gasteiger partial charge in [0.15, 0.2) is 6.29 Å². The summed E-state index contributed by atoms with van der Waals surface area (Å²) in [5.41, 5.74) is 0.700. The molecule has 0 saturated carbocycles. The SMILES string of the molecule is CCCCCOc1ccc(C(=O)N2CCCCC2C2OCCO2)cc1. The molecular weight excluding hydrogens is 318 g/mol. The van der Waals surface area contributed by atoms with Crippen LogP contribution in [0, 0.1) is 0 Å². The minimum absolute atomic E-state index is 0.0220. The molecule has 1 amide bonds. The maximum Gasteiger partial charge on any atom is 0.254 e. The molecule has 25 heavy (non-hydrogen) atoms. The largest absolute Gasteiger partial charge is 0.494 e. The van der Waals surface area contributed by atoms with Crippen LogP contribution >= 0.6 is 0 Å². The summed E-state index contributed by atoms with van der Waals surface area (Å²) in [5.74, 6) is 0.881. The highest BCUT2D eigenvalue weighted by Gasteiger charge is 2.36. The van der Waals surface area contributed by atoms with Crippen LogP contribution in [0.5, 0.6) is 5.75 Å². The Bertz CT molecular complexity index is 539. The van der Waals surface area contributed by atoms with E-state index in [0.29, 0.717) is 18.8 Å². The predicted molar refractivity (Wildman–Crippen MR) is 95.8 cm³/mol. The van der Waals surface area contributed by atoms with Crippen molar-refractivity contribution in [1.29, 1.82) is 0 Å². The van der Waals surface area contributed by atoms with Crippen LogP contribution in [0.4, 0.5) is 0 Å². The smallest absolute Gasteiger partial charge is 0.254 e. The molecule has 2 heterocycles. The Morgan fingerprint density at radius 2 is 1.92 bits per heavy atom. The highest BCUT2D eigenvalue weighted by Crippen LogP contribution is 2.26. The molecule has 2 saturated heterocycles. The zero-order valence-corrected chi connectivity index (χ0v) is 15.1. The van der Waals surface area contributed by atoms with Gasteiger partial charge < -0.3 is 19.1 Å². The molecule has 1 unspecified atom stereocenters. The highest BCUT2D eigenvalue weighted by molar-refractivity contribution is 5.94. The Morgan fingerprint density at radius 3 is 2.64 bits per heavy atom. The van der Waals surface area contributed by atoms with E-state index in [9.17, 15) is 4.79 Å². The number of carbonyl (C=O) groups is 1. The number of unbranched alkanes of at least 4 members (excludes halogenated alkanes) is 2. The number of hydrogen-bond acceptors (Lipinski definition) is 4. The molecule has 0 spiro atoms. The van der Waals surface area contributed by atoms with Gasteiger partial charge in [0.1, 0.15) is 5.75 Å². The molecule has 1 aromatic carbocycles. The van der Waals surface area contributed by atoms with Crippen LogP contribution in [0.15, 0.2) is 24.3 Å². The van der Waals surface area contributed by atoms with E-state index in [0.717, 1.165) is 44.6 Å². The first-order valence-electron chi connectivity index (χ1n) is 9.56. The zero-order chi connectivity index (χ0) is 17.5. The van der Waals surface area contributed by atoms with Crippen molar-refractivity contribution in [3.05, 3.63) is 29.8 Å². The molecule has 5 nitrogen and oxygen atoms in total. The van der Waals surface area contributed by atoms with Gasteiger partial charge in [0.2, 0.25) is 0 Å². The lowest BCUT2D eigenvalue weighted by molar-refractivity contribution is -0.100.